The van der Waals surface area contributed by atoms with Gasteiger partial charge in [0, 0.05) is 19.3 Å². The number of nitrogens with zero attached hydrogens (tertiary/aromatic N) is 3. The third-order valence-corrected chi connectivity index (χ3v) is 2.43. The highest BCUT2D eigenvalue weighted by molar-refractivity contribution is 5.80. The van der Waals surface area contributed by atoms with Gasteiger partial charge in [0.1, 0.15) is 11.9 Å². The van der Waals surface area contributed by atoms with Crippen LogP contribution in [-0.2, 0) is 4.79 Å². The summed E-state index contributed by atoms with van der Waals surface area (Å²) in [6.07, 6.45) is 1.48. The van der Waals surface area contributed by atoms with Gasteiger partial charge in [-0.2, -0.15) is 5.26 Å². The molecule has 0 saturated carbocycles. The lowest BCUT2D eigenvalue weighted by Gasteiger charge is -2.18. The Morgan fingerprint density at radius 3 is 2.65 bits per heavy atom. The van der Waals surface area contributed by atoms with Crippen LogP contribution in [0.25, 0.3) is 0 Å². The van der Waals surface area contributed by atoms with Gasteiger partial charge in [-0.25, -0.2) is 4.98 Å². The van der Waals surface area contributed by atoms with E-state index in [1.165, 1.54) is 6.20 Å². The summed E-state index contributed by atoms with van der Waals surface area (Å²) in [6, 6.07) is 5.34. The molecule has 0 fully saturated rings. The van der Waals surface area contributed by atoms with E-state index in [0.717, 1.165) is 0 Å². The fourth-order valence-electron chi connectivity index (χ4n) is 1.42. The number of aromatic nitrogens is 1. The molecule has 1 aromatic heterocycles. The lowest BCUT2D eigenvalue weighted by atomic mass is 10.3. The standard InChI is InChI=1S/C12H16N4O/c1-3-16(4-2)12(17)9-15-11-6-5-10(7-13)8-14-11/h5-6,8H,3-4,9H2,1-2H3,(H,14,15). The molecule has 1 rings (SSSR count). The first-order chi connectivity index (χ1) is 8.21. The summed E-state index contributed by atoms with van der Waals surface area (Å²) in [5.41, 5.74) is 0.505. The third-order valence-electron chi connectivity index (χ3n) is 2.43. The molecule has 0 aliphatic rings. The van der Waals surface area contributed by atoms with Crippen LogP contribution in [0.1, 0.15) is 19.4 Å². The van der Waals surface area contributed by atoms with Gasteiger partial charge < -0.3 is 10.2 Å². The number of rotatable bonds is 5. The van der Waals surface area contributed by atoms with Gasteiger partial charge in [-0.3, -0.25) is 4.79 Å². The summed E-state index contributed by atoms with van der Waals surface area (Å²) in [6.45, 7) is 5.53. The van der Waals surface area contributed by atoms with Crippen molar-refractivity contribution in [2.75, 3.05) is 25.0 Å². The molecule has 1 aromatic rings. The zero-order valence-corrected chi connectivity index (χ0v) is 10.1. The van der Waals surface area contributed by atoms with Gasteiger partial charge in [0.2, 0.25) is 5.91 Å². The van der Waals surface area contributed by atoms with E-state index in [1.54, 1.807) is 17.0 Å². The van der Waals surface area contributed by atoms with Crippen LogP contribution in [0.4, 0.5) is 5.82 Å². The van der Waals surface area contributed by atoms with Gasteiger partial charge in [-0.05, 0) is 26.0 Å². The second-order valence-corrected chi connectivity index (χ2v) is 3.46. The molecule has 0 spiro atoms. The predicted molar refractivity (Wildman–Crippen MR) is 65.4 cm³/mol. The molecular weight excluding hydrogens is 216 g/mol. The zero-order valence-electron chi connectivity index (χ0n) is 10.1. The highest BCUT2D eigenvalue weighted by Gasteiger charge is 2.08. The van der Waals surface area contributed by atoms with Crippen molar-refractivity contribution in [1.29, 1.82) is 5.26 Å². The van der Waals surface area contributed by atoms with Gasteiger partial charge in [0.15, 0.2) is 0 Å². The van der Waals surface area contributed by atoms with Crippen molar-refractivity contribution in [2.24, 2.45) is 0 Å². The van der Waals surface area contributed by atoms with Crippen molar-refractivity contribution in [3.63, 3.8) is 0 Å². The van der Waals surface area contributed by atoms with Crippen LogP contribution in [0.5, 0.6) is 0 Å². The van der Waals surface area contributed by atoms with E-state index in [4.69, 9.17) is 5.26 Å². The summed E-state index contributed by atoms with van der Waals surface area (Å²) < 4.78 is 0. The Bertz CT molecular complexity index is 404. The van der Waals surface area contributed by atoms with Crippen molar-refractivity contribution in [3.05, 3.63) is 23.9 Å². The highest BCUT2D eigenvalue weighted by atomic mass is 16.2. The number of amides is 1. The second kappa shape index (κ2) is 6.48. The molecular formula is C12H16N4O. The number of carbonyl (C=O) groups is 1. The van der Waals surface area contributed by atoms with Gasteiger partial charge in [-0.1, -0.05) is 0 Å². The van der Waals surface area contributed by atoms with E-state index in [2.05, 4.69) is 10.3 Å². The minimum atomic E-state index is 0.0427. The molecule has 0 saturated heterocycles. The molecule has 0 radical (unpaired) electrons. The average molecular weight is 232 g/mol. The molecule has 17 heavy (non-hydrogen) atoms. The fraction of sp³-hybridized carbons (Fsp3) is 0.417. The third kappa shape index (κ3) is 3.76. The van der Waals surface area contributed by atoms with Crippen molar-refractivity contribution in [2.45, 2.75) is 13.8 Å². The molecule has 0 unspecified atom stereocenters. The molecule has 0 bridgehead atoms. The van der Waals surface area contributed by atoms with Gasteiger partial charge >= 0.3 is 0 Å². The van der Waals surface area contributed by atoms with E-state index < -0.39 is 0 Å². The minimum absolute atomic E-state index is 0.0427. The number of carbonyl (C=O) groups excluding carboxylic acids is 1. The first-order valence-corrected chi connectivity index (χ1v) is 5.59. The van der Waals surface area contributed by atoms with Crippen LogP contribution in [0, 0.1) is 11.3 Å². The Kier molecular flexibility index (Phi) is 4.95. The molecule has 0 atom stereocenters. The Morgan fingerprint density at radius 2 is 2.18 bits per heavy atom. The van der Waals surface area contributed by atoms with Crippen molar-refractivity contribution in [1.82, 2.24) is 9.88 Å². The van der Waals surface area contributed by atoms with Crippen LogP contribution in [0.2, 0.25) is 0 Å². The van der Waals surface area contributed by atoms with Crippen LogP contribution < -0.4 is 5.32 Å². The normalized spacial score (nSPS) is 9.47. The molecule has 0 aliphatic heterocycles. The Balaban J connectivity index is 2.50. The molecule has 0 aromatic carbocycles. The number of nitriles is 1. The molecule has 5 nitrogen and oxygen atoms in total. The second-order valence-electron chi connectivity index (χ2n) is 3.46. The number of pyridine rings is 1. The maximum atomic E-state index is 11.7. The summed E-state index contributed by atoms with van der Waals surface area (Å²) in [5.74, 6) is 0.644. The average Bonchev–Trinajstić information content (AvgIpc) is 2.38. The SMILES string of the molecule is CCN(CC)C(=O)CNc1ccc(C#N)cn1. The van der Waals surface area contributed by atoms with Crippen LogP contribution in [0.3, 0.4) is 0 Å². The summed E-state index contributed by atoms with van der Waals surface area (Å²) in [5, 5.41) is 11.5. The quantitative estimate of drug-likeness (QED) is 0.829. The Hall–Kier alpha value is -2.09. The van der Waals surface area contributed by atoms with Crippen LogP contribution >= 0.6 is 0 Å². The lowest BCUT2D eigenvalue weighted by molar-refractivity contribution is -0.128. The number of likely N-dealkylation sites (N-methyl/N-ethyl adjacent to an activating group) is 1. The highest BCUT2D eigenvalue weighted by Crippen LogP contribution is 2.03. The van der Waals surface area contributed by atoms with Crippen molar-refractivity contribution < 1.29 is 4.79 Å². The fourth-order valence-corrected chi connectivity index (χ4v) is 1.42. The summed E-state index contributed by atoms with van der Waals surface area (Å²) >= 11 is 0. The lowest BCUT2D eigenvalue weighted by Crippen LogP contribution is -2.35. The van der Waals surface area contributed by atoms with Gasteiger partial charge in [0.05, 0.1) is 12.1 Å². The van der Waals surface area contributed by atoms with Crippen LogP contribution in [0.15, 0.2) is 18.3 Å². The Morgan fingerprint density at radius 1 is 1.47 bits per heavy atom. The topological polar surface area (TPSA) is 69.0 Å². The number of hydrogen-bond acceptors (Lipinski definition) is 4. The van der Waals surface area contributed by atoms with Crippen molar-refractivity contribution in [3.8, 4) is 6.07 Å². The molecule has 1 heterocycles. The molecule has 0 aliphatic carbocycles. The predicted octanol–water partition coefficient (Wildman–Crippen LogP) is 1.23. The number of hydrogen-bond donors (Lipinski definition) is 1. The first kappa shape index (κ1) is 13.0. The smallest absolute Gasteiger partial charge is 0.241 e. The van der Waals surface area contributed by atoms with Gasteiger partial charge in [0.25, 0.3) is 0 Å². The maximum Gasteiger partial charge on any atom is 0.241 e. The molecule has 5 heteroatoms. The summed E-state index contributed by atoms with van der Waals surface area (Å²) in [4.78, 5) is 17.5. The van der Waals surface area contributed by atoms with E-state index in [9.17, 15) is 4.79 Å². The largest absolute Gasteiger partial charge is 0.361 e. The zero-order chi connectivity index (χ0) is 12.7. The van der Waals surface area contributed by atoms with Gasteiger partial charge in [-0.15, -0.1) is 0 Å². The van der Waals surface area contributed by atoms with E-state index in [1.807, 2.05) is 19.9 Å². The van der Waals surface area contributed by atoms with E-state index in [0.29, 0.717) is 24.5 Å². The first-order valence-electron chi connectivity index (χ1n) is 5.59. The monoisotopic (exact) mass is 232 g/mol. The van der Waals surface area contributed by atoms with Crippen molar-refractivity contribution >= 4 is 11.7 Å². The number of nitrogens with one attached hydrogen (secondary N) is 1. The molecule has 1 N–H and O–H groups in total. The minimum Gasteiger partial charge on any atom is -0.361 e. The molecule has 1 amide bonds. The number of anilines is 1. The molecule has 90 valence electrons. The maximum absolute atomic E-state index is 11.7. The summed E-state index contributed by atoms with van der Waals surface area (Å²) in [7, 11) is 0. The van der Waals surface area contributed by atoms with Crippen LogP contribution in [-0.4, -0.2) is 35.4 Å². The van der Waals surface area contributed by atoms with E-state index >= 15 is 0 Å². The Labute approximate surface area is 101 Å². The van der Waals surface area contributed by atoms with E-state index in [-0.39, 0.29) is 12.5 Å².